The number of hydrogen-bond acceptors (Lipinski definition) is 5. The Balaban J connectivity index is 2.34. The van der Waals surface area contributed by atoms with Crippen LogP contribution in [-0.2, 0) is 4.74 Å². The lowest BCUT2D eigenvalue weighted by molar-refractivity contribution is 0.0602. The monoisotopic (exact) mass is 355 g/mol. The first-order chi connectivity index (χ1) is 9.51. The lowest BCUT2D eigenvalue weighted by atomic mass is 10.2. The van der Waals surface area contributed by atoms with Crippen molar-refractivity contribution in [2.45, 2.75) is 0 Å². The van der Waals surface area contributed by atoms with Gasteiger partial charge in [0.2, 0.25) is 0 Å². The summed E-state index contributed by atoms with van der Waals surface area (Å²) in [6.45, 7) is 0. The number of hydrogen-bond donors (Lipinski definition) is 2. The van der Waals surface area contributed by atoms with E-state index in [9.17, 15) is 4.79 Å². The minimum absolute atomic E-state index is 0.246. The van der Waals surface area contributed by atoms with E-state index in [2.05, 4.69) is 31.0 Å². The Morgan fingerprint density at radius 2 is 2.20 bits per heavy atom. The third-order valence-corrected chi connectivity index (χ3v) is 3.35. The second-order valence-electron chi connectivity index (χ2n) is 3.90. The maximum absolute atomic E-state index is 11.6. The molecule has 0 radical (unpaired) electrons. The summed E-state index contributed by atoms with van der Waals surface area (Å²) in [5.41, 5.74) is 6.85. The van der Waals surface area contributed by atoms with Crippen molar-refractivity contribution in [2.75, 3.05) is 18.2 Å². The van der Waals surface area contributed by atoms with Gasteiger partial charge in [0, 0.05) is 4.47 Å². The zero-order chi connectivity index (χ0) is 14.7. The third kappa shape index (κ3) is 3.20. The highest BCUT2D eigenvalue weighted by Crippen LogP contribution is 2.28. The van der Waals surface area contributed by atoms with Gasteiger partial charge in [0.05, 0.1) is 35.3 Å². The molecule has 0 aliphatic carbocycles. The van der Waals surface area contributed by atoms with Crippen LogP contribution in [0.1, 0.15) is 10.4 Å². The molecule has 0 aliphatic rings. The first-order valence-electron chi connectivity index (χ1n) is 5.57. The number of aromatic nitrogens is 1. The Hall–Kier alpha value is -1.79. The van der Waals surface area contributed by atoms with Crippen molar-refractivity contribution < 1.29 is 9.53 Å². The van der Waals surface area contributed by atoms with Crippen molar-refractivity contribution >= 4 is 50.7 Å². The first-order valence-corrected chi connectivity index (χ1v) is 6.74. The third-order valence-electron chi connectivity index (χ3n) is 2.53. The van der Waals surface area contributed by atoms with Crippen LogP contribution in [0.5, 0.6) is 0 Å². The standard InChI is InChI=1S/C13H11BrClN3O2/c1-20-13(19)8-5-12(17-6-10(8)16)18-11-4-7(14)2-3-9(11)15/h2-6H,16H2,1H3,(H,17,18). The van der Waals surface area contributed by atoms with Gasteiger partial charge < -0.3 is 15.8 Å². The molecule has 20 heavy (non-hydrogen) atoms. The normalized spacial score (nSPS) is 10.2. The second-order valence-corrected chi connectivity index (χ2v) is 5.22. The predicted octanol–water partition coefficient (Wildman–Crippen LogP) is 3.61. The highest BCUT2D eigenvalue weighted by Gasteiger charge is 2.12. The van der Waals surface area contributed by atoms with E-state index < -0.39 is 5.97 Å². The Bertz CT molecular complexity index is 664. The Morgan fingerprint density at radius 3 is 2.90 bits per heavy atom. The van der Waals surface area contributed by atoms with Crippen LogP contribution >= 0.6 is 27.5 Å². The van der Waals surface area contributed by atoms with Crippen molar-refractivity contribution in [1.82, 2.24) is 4.98 Å². The van der Waals surface area contributed by atoms with Gasteiger partial charge in [-0.2, -0.15) is 0 Å². The number of nitrogens with zero attached hydrogens (tertiary/aromatic N) is 1. The van der Waals surface area contributed by atoms with Gasteiger partial charge in [-0.1, -0.05) is 27.5 Å². The number of carbonyl (C=O) groups is 1. The van der Waals surface area contributed by atoms with E-state index >= 15 is 0 Å². The zero-order valence-electron chi connectivity index (χ0n) is 10.5. The van der Waals surface area contributed by atoms with Crippen LogP contribution in [0.25, 0.3) is 0 Å². The molecule has 1 aromatic carbocycles. The van der Waals surface area contributed by atoms with Gasteiger partial charge in [0.1, 0.15) is 5.82 Å². The molecule has 2 aromatic rings. The Morgan fingerprint density at radius 1 is 1.45 bits per heavy atom. The van der Waals surface area contributed by atoms with E-state index in [4.69, 9.17) is 17.3 Å². The lowest BCUT2D eigenvalue weighted by Crippen LogP contribution is -2.07. The molecule has 0 unspecified atom stereocenters. The average Bonchev–Trinajstić information content (AvgIpc) is 2.44. The first kappa shape index (κ1) is 14.6. The van der Waals surface area contributed by atoms with E-state index in [-0.39, 0.29) is 11.3 Å². The highest BCUT2D eigenvalue weighted by atomic mass is 79.9. The van der Waals surface area contributed by atoms with Gasteiger partial charge in [0.15, 0.2) is 0 Å². The number of rotatable bonds is 3. The Kier molecular flexibility index (Phi) is 4.46. The zero-order valence-corrected chi connectivity index (χ0v) is 12.8. The number of carbonyl (C=O) groups excluding carboxylic acids is 1. The summed E-state index contributed by atoms with van der Waals surface area (Å²) in [6.07, 6.45) is 1.39. The van der Waals surface area contributed by atoms with Crippen LogP contribution in [0.4, 0.5) is 17.2 Å². The summed E-state index contributed by atoms with van der Waals surface area (Å²) < 4.78 is 5.53. The molecule has 0 bridgehead atoms. The molecular formula is C13H11BrClN3O2. The van der Waals surface area contributed by atoms with Crippen LogP contribution < -0.4 is 11.1 Å². The topological polar surface area (TPSA) is 77.2 Å². The quantitative estimate of drug-likeness (QED) is 0.822. The SMILES string of the molecule is COC(=O)c1cc(Nc2cc(Br)ccc2Cl)ncc1N. The summed E-state index contributed by atoms with van der Waals surface area (Å²) in [5.74, 6) is -0.0760. The number of anilines is 3. The van der Waals surface area contributed by atoms with E-state index in [1.807, 2.05) is 6.07 Å². The van der Waals surface area contributed by atoms with E-state index in [1.54, 1.807) is 12.1 Å². The van der Waals surface area contributed by atoms with Gasteiger partial charge in [-0.05, 0) is 24.3 Å². The largest absolute Gasteiger partial charge is 0.465 e. The summed E-state index contributed by atoms with van der Waals surface area (Å²) in [7, 11) is 1.29. The van der Waals surface area contributed by atoms with Gasteiger partial charge in [-0.3, -0.25) is 0 Å². The molecule has 1 heterocycles. The van der Waals surface area contributed by atoms with Crippen molar-refractivity contribution in [3.8, 4) is 0 Å². The van der Waals surface area contributed by atoms with Crippen molar-refractivity contribution in [2.24, 2.45) is 0 Å². The number of benzene rings is 1. The van der Waals surface area contributed by atoms with Crippen LogP contribution in [0, 0.1) is 0 Å². The average molecular weight is 357 g/mol. The van der Waals surface area contributed by atoms with Gasteiger partial charge in [0.25, 0.3) is 0 Å². The molecule has 2 rings (SSSR count). The van der Waals surface area contributed by atoms with Crippen molar-refractivity contribution in [3.63, 3.8) is 0 Å². The van der Waals surface area contributed by atoms with E-state index in [1.165, 1.54) is 19.4 Å². The minimum atomic E-state index is -0.520. The van der Waals surface area contributed by atoms with Crippen LogP contribution in [0.3, 0.4) is 0 Å². The van der Waals surface area contributed by atoms with Gasteiger partial charge in [-0.25, -0.2) is 9.78 Å². The molecule has 0 atom stereocenters. The van der Waals surface area contributed by atoms with Gasteiger partial charge in [-0.15, -0.1) is 0 Å². The molecular weight excluding hydrogens is 346 g/mol. The summed E-state index contributed by atoms with van der Waals surface area (Å²) in [6, 6.07) is 6.88. The van der Waals surface area contributed by atoms with E-state index in [0.717, 1.165) is 4.47 Å². The number of esters is 1. The molecule has 1 aromatic heterocycles. The number of ether oxygens (including phenoxy) is 1. The summed E-state index contributed by atoms with van der Waals surface area (Å²) >= 11 is 9.44. The molecule has 0 saturated heterocycles. The molecule has 7 heteroatoms. The molecule has 0 spiro atoms. The molecule has 0 amide bonds. The number of nitrogens with one attached hydrogen (secondary N) is 1. The molecule has 0 saturated carbocycles. The maximum Gasteiger partial charge on any atom is 0.340 e. The minimum Gasteiger partial charge on any atom is -0.465 e. The van der Waals surface area contributed by atoms with Crippen molar-refractivity contribution in [1.29, 1.82) is 0 Å². The van der Waals surface area contributed by atoms with Crippen LogP contribution in [0.2, 0.25) is 5.02 Å². The predicted molar refractivity (Wildman–Crippen MR) is 82.4 cm³/mol. The Labute approximate surface area is 129 Å². The summed E-state index contributed by atoms with van der Waals surface area (Å²) in [4.78, 5) is 15.7. The summed E-state index contributed by atoms with van der Waals surface area (Å²) in [5, 5.41) is 3.56. The molecule has 5 nitrogen and oxygen atoms in total. The van der Waals surface area contributed by atoms with Gasteiger partial charge >= 0.3 is 5.97 Å². The van der Waals surface area contributed by atoms with Crippen molar-refractivity contribution in [3.05, 3.63) is 45.5 Å². The number of halogens is 2. The van der Waals surface area contributed by atoms with Crippen LogP contribution in [-0.4, -0.2) is 18.1 Å². The second kappa shape index (κ2) is 6.11. The van der Waals surface area contributed by atoms with Crippen LogP contribution in [0.15, 0.2) is 34.9 Å². The molecule has 3 N–H and O–H groups in total. The lowest BCUT2D eigenvalue weighted by Gasteiger charge is -2.10. The smallest absolute Gasteiger partial charge is 0.340 e. The number of pyridine rings is 1. The fourth-order valence-electron chi connectivity index (χ4n) is 1.55. The fraction of sp³-hybridized carbons (Fsp3) is 0.0769. The number of methoxy groups -OCH3 is 1. The molecule has 0 fully saturated rings. The maximum atomic E-state index is 11.6. The molecule has 104 valence electrons. The molecule has 0 aliphatic heterocycles. The highest BCUT2D eigenvalue weighted by molar-refractivity contribution is 9.10. The fourth-order valence-corrected chi connectivity index (χ4v) is 2.08. The number of nitrogens with two attached hydrogens (primary N) is 1. The van der Waals surface area contributed by atoms with E-state index in [0.29, 0.717) is 16.5 Å². The number of nitrogen functional groups attached to an aromatic ring is 1.